The Hall–Kier alpha value is -2.76. The predicted octanol–water partition coefficient (Wildman–Crippen LogP) is 1.63. The second-order valence-electron chi connectivity index (χ2n) is 4.35. The van der Waals surface area contributed by atoms with Gasteiger partial charge in [-0.15, -0.1) is 0 Å². The first-order valence-electron chi connectivity index (χ1n) is 6.06. The Labute approximate surface area is 114 Å². The molecule has 0 aliphatic rings. The number of methoxy groups -OCH3 is 1. The Kier molecular flexibility index (Phi) is 2.90. The molecule has 0 amide bonds. The molecule has 2 aromatic heterocycles. The van der Waals surface area contributed by atoms with E-state index < -0.39 is 5.76 Å². The van der Waals surface area contributed by atoms with Gasteiger partial charge in [0.25, 0.3) is 0 Å². The molecule has 0 saturated heterocycles. The van der Waals surface area contributed by atoms with Crippen LogP contribution in [0.4, 0.5) is 5.69 Å². The molecule has 1 aromatic carbocycles. The maximum atomic E-state index is 11.9. The molecule has 6 heteroatoms. The minimum Gasteiger partial charge on any atom is -0.481 e. The largest absolute Gasteiger partial charge is 0.481 e. The monoisotopic (exact) mass is 271 g/mol. The molecule has 102 valence electrons. The zero-order valence-electron chi connectivity index (χ0n) is 10.9. The molecule has 0 unspecified atom stereocenters. The van der Waals surface area contributed by atoms with E-state index in [-0.39, 0.29) is 0 Å². The maximum Gasteiger partial charge on any atom is 0.420 e. The summed E-state index contributed by atoms with van der Waals surface area (Å²) in [6, 6.07) is 10.5. The van der Waals surface area contributed by atoms with E-state index in [1.807, 2.05) is 12.1 Å². The highest BCUT2D eigenvalue weighted by molar-refractivity contribution is 5.77. The van der Waals surface area contributed by atoms with Gasteiger partial charge in [-0.05, 0) is 24.3 Å². The minimum absolute atomic E-state index is 0.298. The SMILES string of the molecule is COc1cccc(Cn2c(=O)oc3ccc(N)cc32)n1. The zero-order chi connectivity index (χ0) is 14.1. The van der Waals surface area contributed by atoms with Crippen molar-refractivity contribution in [3.05, 3.63) is 52.6 Å². The van der Waals surface area contributed by atoms with Crippen LogP contribution in [0.15, 0.2) is 45.6 Å². The van der Waals surface area contributed by atoms with Crippen LogP contribution in [0.5, 0.6) is 5.88 Å². The number of ether oxygens (including phenoxy) is 1. The highest BCUT2D eigenvalue weighted by Crippen LogP contribution is 2.17. The van der Waals surface area contributed by atoms with Crippen LogP contribution in [0.1, 0.15) is 5.69 Å². The van der Waals surface area contributed by atoms with E-state index in [0.717, 1.165) is 0 Å². The van der Waals surface area contributed by atoms with E-state index in [9.17, 15) is 4.79 Å². The van der Waals surface area contributed by atoms with Gasteiger partial charge in [-0.25, -0.2) is 9.78 Å². The van der Waals surface area contributed by atoms with Crippen molar-refractivity contribution in [3.8, 4) is 5.88 Å². The number of hydrogen-bond acceptors (Lipinski definition) is 5. The molecule has 0 radical (unpaired) electrons. The first kappa shape index (κ1) is 12.3. The average molecular weight is 271 g/mol. The molecular formula is C14H13N3O3. The minimum atomic E-state index is -0.435. The molecule has 6 nitrogen and oxygen atoms in total. The fraction of sp³-hybridized carbons (Fsp3) is 0.143. The molecule has 20 heavy (non-hydrogen) atoms. The molecular weight excluding hydrogens is 258 g/mol. The Morgan fingerprint density at radius 3 is 3.00 bits per heavy atom. The number of nitrogens with zero attached hydrogens (tertiary/aromatic N) is 2. The van der Waals surface area contributed by atoms with Crippen molar-refractivity contribution < 1.29 is 9.15 Å². The fourth-order valence-corrected chi connectivity index (χ4v) is 2.05. The van der Waals surface area contributed by atoms with Crippen molar-refractivity contribution in [3.63, 3.8) is 0 Å². The predicted molar refractivity (Wildman–Crippen MR) is 74.8 cm³/mol. The van der Waals surface area contributed by atoms with Crippen molar-refractivity contribution in [2.24, 2.45) is 0 Å². The van der Waals surface area contributed by atoms with Crippen molar-refractivity contribution in [2.45, 2.75) is 6.54 Å². The van der Waals surface area contributed by atoms with Gasteiger partial charge in [0.2, 0.25) is 5.88 Å². The van der Waals surface area contributed by atoms with Gasteiger partial charge in [-0.3, -0.25) is 4.57 Å². The molecule has 0 fully saturated rings. The Balaban J connectivity index is 2.07. The Bertz CT molecular complexity index is 820. The van der Waals surface area contributed by atoms with Crippen molar-refractivity contribution in [2.75, 3.05) is 12.8 Å². The van der Waals surface area contributed by atoms with Crippen molar-refractivity contribution in [1.82, 2.24) is 9.55 Å². The maximum absolute atomic E-state index is 11.9. The normalized spacial score (nSPS) is 10.8. The van der Waals surface area contributed by atoms with Gasteiger partial charge in [0, 0.05) is 11.8 Å². The van der Waals surface area contributed by atoms with Crippen LogP contribution in [-0.4, -0.2) is 16.7 Å². The van der Waals surface area contributed by atoms with Crippen LogP contribution < -0.4 is 16.2 Å². The summed E-state index contributed by atoms with van der Waals surface area (Å²) in [6.07, 6.45) is 0. The summed E-state index contributed by atoms with van der Waals surface area (Å²) < 4.78 is 11.7. The second kappa shape index (κ2) is 4.73. The van der Waals surface area contributed by atoms with Crippen molar-refractivity contribution in [1.29, 1.82) is 0 Å². The van der Waals surface area contributed by atoms with Crippen LogP contribution >= 0.6 is 0 Å². The first-order valence-corrected chi connectivity index (χ1v) is 6.06. The number of oxazole rings is 1. The lowest BCUT2D eigenvalue weighted by molar-refractivity contribution is 0.395. The van der Waals surface area contributed by atoms with Gasteiger partial charge < -0.3 is 14.9 Å². The van der Waals surface area contributed by atoms with E-state index in [1.165, 1.54) is 4.57 Å². The lowest BCUT2D eigenvalue weighted by Gasteiger charge is -2.04. The van der Waals surface area contributed by atoms with Gasteiger partial charge in [0.05, 0.1) is 24.9 Å². The topological polar surface area (TPSA) is 83.3 Å². The number of aromatic nitrogens is 2. The molecule has 3 aromatic rings. The molecule has 0 aliphatic carbocycles. The smallest absolute Gasteiger partial charge is 0.420 e. The van der Waals surface area contributed by atoms with Gasteiger partial charge in [-0.1, -0.05) is 6.07 Å². The lowest BCUT2D eigenvalue weighted by atomic mass is 10.3. The number of anilines is 1. The van der Waals surface area contributed by atoms with E-state index in [0.29, 0.717) is 34.9 Å². The van der Waals surface area contributed by atoms with Crippen molar-refractivity contribution >= 4 is 16.8 Å². The van der Waals surface area contributed by atoms with Crippen LogP contribution in [0.2, 0.25) is 0 Å². The third-order valence-corrected chi connectivity index (χ3v) is 3.00. The molecule has 0 bridgehead atoms. The quantitative estimate of drug-likeness (QED) is 0.732. The first-order chi connectivity index (χ1) is 9.67. The van der Waals surface area contributed by atoms with Crippen LogP contribution in [0.3, 0.4) is 0 Å². The lowest BCUT2D eigenvalue weighted by Crippen LogP contribution is -2.15. The van der Waals surface area contributed by atoms with E-state index >= 15 is 0 Å². The molecule has 0 saturated carbocycles. The molecule has 3 rings (SSSR count). The Morgan fingerprint density at radius 1 is 1.35 bits per heavy atom. The zero-order valence-corrected chi connectivity index (χ0v) is 10.9. The highest BCUT2D eigenvalue weighted by Gasteiger charge is 2.10. The van der Waals surface area contributed by atoms with E-state index in [4.69, 9.17) is 14.9 Å². The van der Waals surface area contributed by atoms with Crippen LogP contribution in [0.25, 0.3) is 11.1 Å². The third kappa shape index (κ3) is 2.11. The molecule has 0 aliphatic heterocycles. The van der Waals surface area contributed by atoms with Gasteiger partial charge in [0.1, 0.15) is 0 Å². The van der Waals surface area contributed by atoms with E-state index in [1.54, 1.807) is 31.4 Å². The molecule has 0 spiro atoms. The van der Waals surface area contributed by atoms with Gasteiger partial charge in [-0.2, -0.15) is 0 Å². The summed E-state index contributed by atoms with van der Waals surface area (Å²) in [7, 11) is 1.55. The second-order valence-corrected chi connectivity index (χ2v) is 4.35. The van der Waals surface area contributed by atoms with Crippen LogP contribution in [-0.2, 0) is 6.54 Å². The fourth-order valence-electron chi connectivity index (χ4n) is 2.05. The molecule has 0 atom stereocenters. The highest BCUT2D eigenvalue weighted by atomic mass is 16.5. The Morgan fingerprint density at radius 2 is 2.20 bits per heavy atom. The van der Waals surface area contributed by atoms with Gasteiger partial charge in [0.15, 0.2) is 5.58 Å². The summed E-state index contributed by atoms with van der Waals surface area (Å²) in [4.78, 5) is 16.2. The summed E-state index contributed by atoms with van der Waals surface area (Å²) >= 11 is 0. The molecule has 2 N–H and O–H groups in total. The third-order valence-electron chi connectivity index (χ3n) is 3.00. The molecule has 2 heterocycles. The summed E-state index contributed by atoms with van der Waals surface area (Å²) in [5, 5.41) is 0. The van der Waals surface area contributed by atoms with Gasteiger partial charge >= 0.3 is 5.76 Å². The summed E-state index contributed by atoms with van der Waals surface area (Å²) in [6.45, 7) is 0.298. The number of pyridine rings is 1. The average Bonchev–Trinajstić information content (AvgIpc) is 2.75. The number of nitrogen functional groups attached to an aromatic ring is 1. The number of nitrogens with two attached hydrogens (primary N) is 1. The number of fused-ring (bicyclic) bond motifs is 1. The summed E-state index contributed by atoms with van der Waals surface area (Å²) in [5.74, 6) is 0.0677. The standard InChI is InChI=1S/C14H13N3O3/c1-19-13-4-2-3-10(16-13)8-17-11-7-9(15)5-6-12(11)20-14(17)18/h2-7H,8,15H2,1H3. The van der Waals surface area contributed by atoms with Crippen LogP contribution in [0, 0.1) is 0 Å². The summed E-state index contributed by atoms with van der Waals surface area (Å²) in [5.41, 5.74) is 8.19. The number of hydrogen-bond donors (Lipinski definition) is 1. The van der Waals surface area contributed by atoms with E-state index in [2.05, 4.69) is 4.98 Å². The number of rotatable bonds is 3. The number of benzene rings is 1.